The summed E-state index contributed by atoms with van der Waals surface area (Å²) in [6.45, 7) is 0.547. The molecule has 1 heterocycles. The van der Waals surface area contributed by atoms with E-state index in [0.29, 0.717) is 6.54 Å². The smallest absolute Gasteiger partial charge is 0.0695 e. The number of hydrogen-bond acceptors (Lipinski definition) is 4. The summed E-state index contributed by atoms with van der Waals surface area (Å²) in [5, 5.41) is 10.1. The third-order valence-electron chi connectivity index (χ3n) is 4.00. The standard InChI is InChI=1S/C14H23N3O/c1-17(12-6-2-3-7-14(12)18)13(9-15)11-5-4-8-16-10-11/h4-5,8,10,12-14,18H,2-3,6-7,9,15H2,1H3. The molecule has 0 amide bonds. The molecule has 18 heavy (non-hydrogen) atoms. The molecule has 3 unspecified atom stereocenters. The van der Waals surface area contributed by atoms with Gasteiger partial charge >= 0.3 is 0 Å². The number of aromatic nitrogens is 1. The van der Waals surface area contributed by atoms with Crippen molar-refractivity contribution in [2.45, 2.75) is 43.9 Å². The molecule has 0 aliphatic heterocycles. The van der Waals surface area contributed by atoms with Crippen molar-refractivity contribution in [3.8, 4) is 0 Å². The van der Waals surface area contributed by atoms with Gasteiger partial charge in [-0.3, -0.25) is 9.88 Å². The molecule has 0 radical (unpaired) electrons. The highest BCUT2D eigenvalue weighted by Gasteiger charge is 2.30. The van der Waals surface area contributed by atoms with E-state index < -0.39 is 0 Å². The fourth-order valence-electron chi connectivity index (χ4n) is 2.91. The number of aliphatic hydroxyl groups excluding tert-OH is 1. The zero-order chi connectivity index (χ0) is 13.0. The first-order valence-electron chi connectivity index (χ1n) is 6.74. The van der Waals surface area contributed by atoms with Gasteiger partial charge in [-0.15, -0.1) is 0 Å². The molecular formula is C14H23N3O. The second-order valence-corrected chi connectivity index (χ2v) is 5.12. The fourth-order valence-corrected chi connectivity index (χ4v) is 2.91. The number of aliphatic hydroxyl groups is 1. The molecule has 0 spiro atoms. The molecular weight excluding hydrogens is 226 g/mol. The van der Waals surface area contributed by atoms with Crippen molar-refractivity contribution in [1.29, 1.82) is 0 Å². The van der Waals surface area contributed by atoms with E-state index >= 15 is 0 Å². The first-order valence-corrected chi connectivity index (χ1v) is 6.74. The molecule has 100 valence electrons. The molecule has 1 aromatic rings. The third kappa shape index (κ3) is 2.88. The Balaban J connectivity index is 2.12. The van der Waals surface area contributed by atoms with Crippen molar-refractivity contribution in [1.82, 2.24) is 9.88 Å². The quantitative estimate of drug-likeness (QED) is 0.844. The molecule has 1 saturated carbocycles. The largest absolute Gasteiger partial charge is 0.391 e. The molecule has 3 atom stereocenters. The third-order valence-corrected chi connectivity index (χ3v) is 4.00. The van der Waals surface area contributed by atoms with Gasteiger partial charge in [0.05, 0.1) is 6.10 Å². The van der Waals surface area contributed by atoms with E-state index in [2.05, 4.69) is 23.0 Å². The van der Waals surface area contributed by atoms with Crippen molar-refractivity contribution in [2.24, 2.45) is 5.73 Å². The van der Waals surface area contributed by atoms with E-state index in [1.54, 1.807) is 6.20 Å². The van der Waals surface area contributed by atoms with Crippen LogP contribution in [0.2, 0.25) is 0 Å². The van der Waals surface area contributed by atoms with Crippen molar-refractivity contribution < 1.29 is 5.11 Å². The summed E-state index contributed by atoms with van der Waals surface area (Å²) < 4.78 is 0. The summed E-state index contributed by atoms with van der Waals surface area (Å²) in [5.41, 5.74) is 7.03. The van der Waals surface area contributed by atoms with Crippen LogP contribution in [-0.2, 0) is 0 Å². The van der Waals surface area contributed by atoms with Crippen molar-refractivity contribution in [3.05, 3.63) is 30.1 Å². The lowest BCUT2D eigenvalue weighted by Gasteiger charge is -2.39. The molecule has 1 aliphatic rings. The predicted molar refractivity (Wildman–Crippen MR) is 72.1 cm³/mol. The van der Waals surface area contributed by atoms with Gasteiger partial charge in [-0.2, -0.15) is 0 Å². The molecule has 1 fully saturated rings. The molecule has 4 heteroatoms. The Labute approximate surface area is 109 Å². The van der Waals surface area contributed by atoms with E-state index in [1.807, 2.05) is 12.3 Å². The molecule has 3 N–H and O–H groups in total. The van der Waals surface area contributed by atoms with Gasteiger partial charge in [-0.25, -0.2) is 0 Å². The first kappa shape index (κ1) is 13.5. The summed E-state index contributed by atoms with van der Waals surface area (Å²) in [7, 11) is 2.06. The van der Waals surface area contributed by atoms with Gasteiger partial charge in [-0.1, -0.05) is 18.9 Å². The van der Waals surface area contributed by atoms with Crippen LogP contribution < -0.4 is 5.73 Å². The van der Waals surface area contributed by atoms with Crippen LogP contribution in [0, 0.1) is 0 Å². The van der Waals surface area contributed by atoms with Gasteiger partial charge in [0.1, 0.15) is 0 Å². The zero-order valence-corrected chi connectivity index (χ0v) is 11.0. The van der Waals surface area contributed by atoms with Gasteiger partial charge in [-0.05, 0) is 31.5 Å². The van der Waals surface area contributed by atoms with Crippen LogP contribution in [0.15, 0.2) is 24.5 Å². The number of hydrogen-bond donors (Lipinski definition) is 2. The summed E-state index contributed by atoms with van der Waals surface area (Å²) >= 11 is 0. The van der Waals surface area contributed by atoms with Crippen LogP contribution in [0.3, 0.4) is 0 Å². The van der Waals surface area contributed by atoms with Gasteiger partial charge in [0.25, 0.3) is 0 Å². The van der Waals surface area contributed by atoms with Gasteiger partial charge in [0, 0.05) is 31.0 Å². The highest BCUT2D eigenvalue weighted by Crippen LogP contribution is 2.28. The highest BCUT2D eigenvalue weighted by molar-refractivity contribution is 5.15. The zero-order valence-electron chi connectivity index (χ0n) is 11.0. The molecule has 2 rings (SSSR count). The maximum Gasteiger partial charge on any atom is 0.0695 e. The Morgan fingerprint density at radius 1 is 1.50 bits per heavy atom. The van der Waals surface area contributed by atoms with E-state index in [9.17, 15) is 5.11 Å². The number of nitrogens with two attached hydrogens (primary N) is 1. The summed E-state index contributed by atoms with van der Waals surface area (Å²) in [4.78, 5) is 6.38. The van der Waals surface area contributed by atoms with Gasteiger partial charge < -0.3 is 10.8 Å². The Hall–Kier alpha value is -0.970. The molecule has 1 aromatic heterocycles. The van der Waals surface area contributed by atoms with Crippen LogP contribution >= 0.6 is 0 Å². The predicted octanol–water partition coefficient (Wildman–Crippen LogP) is 1.32. The van der Waals surface area contributed by atoms with Crippen LogP contribution in [-0.4, -0.2) is 40.7 Å². The maximum atomic E-state index is 10.1. The molecule has 1 aliphatic carbocycles. The van der Waals surface area contributed by atoms with Crippen molar-refractivity contribution in [3.63, 3.8) is 0 Å². The minimum absolute atomic E-state index is 0.136. The summed E-state index contributed by atoms with van der Waals surface area (Å²) in [6, 6.07) is 4.34. The van der Waals surface area contributed by atoms with Crippen molar-refractivity contribution >= 4 is 0 Å². The average molecular weight is 249 g/mol. The van der Waals surface area contributed by atoms with Crippen LogP contribution in [0.25, 0.3) is 0 Å². The number of likely N-dealkylation sites (N-methyl/N-ethyl adjacent to an activating group) is 1. The lowest BCUT2D eigenvalue weighted by Crippen LogP contribution is -2.46. The van der Waals surface area contributed by atoms with Crippen LogP contribution in [0.4, 0.5) is 0 Å². The average Bonchev–Trinajstić information content (AvgIpc) is 2.41. The SMILES string of the molecule is CN(C(CN)c1cccnc1)C1CCCCC1O. The Bertz CT molecular complexity index is 357. The second kappa shape index (κ2) is 6.27. The number of rotatable bonds is 4. The monoisotopic (exact) mass is 249 g/mol. The lowest BCUT2D eigenvalue weighted by atomic mass is 9.90. The number of nitrogens with zero attached hydrogens (tertiary/aromatic N) is 2. The lowest BCUT2D eigenvalue weighted by molar-refractivity contribution is 0.0137. The topological polar surface area (TPSA) is 62.4 Å². The summed E-state index contributed by atoms with van der Waals surface area (Å²) in [6.07, 6.45) is 7.68. The first-order chi connectivity index (χ1) is 8.74. The van der Waals surface area contributed by atoms with E-state index in [1.165, 1.54) is 6.42 Å². The minimum Gasteiger partial charge on any atom is -0.391 e. The molecule has 4 nitrogen and oxygen atoms in total. The highest BCUT2D eigenvalue weighted by atomic mass is 16.3. The van der Waals surface area contributed by atoms with Gasteiger partial charge in [0.15, 0.2) is 0 Å². The number of pyridine rings is 1. The summed E-state index contributed by atoms with van der Waals surface area (Å²) in [5.74, 6) is 0. The van der Waals surface area contributed by atoms with Crippen LogP contribution in [0.1, 0.15) is 37.3 Å². The van der Waals surface area contributed by atoms with E-state index in [-0.39, 0.29) is 18.2 Å². The second-order valence-electron chi connectivity index (χ2n) is 5.12. The Morgan fingerprint density at radius 2 is 2.28 bits per heavy atom. The maximum absolute atomic E-state index is 10.1. The minimum atomic E-state index is -0.227. The van der Waals surface area contributed by atoms with Crippen molar-refractivity contribution in [2.75, 3.05) is 13.6 Å². The fraction of sp³-hybridized carbons (Fsp3) is 0.643. The Morgan fingerprint density at radius 3 is 2.89 bits per heavy atom. The van der Waals surface area contributed by atoms with E-state index in [0.717, 1.165) is 24.8 Å². The van der Waals surface area contributed by atoms with Crippen LogP contribution in [0.5, 0.6) is 0 Å². The molecule has 0 saturated heterocycles. The van der Waals surface area contributed by atoms with Gasteiger partial charge in [0.2, 0.25) is 0 Å². The normalized spacial score (nSPS) is 26.2. The molecule has 0 bridgehead atoms. The van der Waals surface area contributed by atoms with E-state index in [4.69, 9.17) is 5.73 Å². The molecule has 0 aromatic carbocycles. The Kier molecular flexibility index (Phi) is 4.69.